The molecular formula is C14H15F2N3OS. The Morgan fingerprint density at radius 1 is 1.38 bits per heavy atom. The van der Waals surface area contributed by atoms with Crippen molar-refractivity contribution in [1.82, 2.24) is 9.88 Å². The zero-order chi connectivity index (χ0) is 15.4. The molecule has 0 aliphatic rings. The molecule has 0 unspecified atom stereocenters. The second-order valence-corrected chi connectivity index (χ2v) is 5.52. The fourth-order valence-electron chi connectivity index (χ4n) is 1.83. The van der Waals surface area contributed by atoms with Crippen molar-refractivity contribution in [2.45, 2.75) is 13.0 Å². The average molecular weight is 311 g/mol. The first kappa shape index (κ1) is 15.5. The highest BCUT2D eigenvalue weighted by molar-refractivity contribution is 7.09. The number of aromatic nitrogens is 1. The molecular weight excluding hydrogens is 296 g/mol. The van der Waals surface area contributed by atoms with E-state index in [0.717, 1.165) is 17.1 Å². The largest absolute Gasteiger partial charge is 0.336 e. The number of hydrogen-bond acceptors (Lipinski definition) is 4. The molecule has 4 nitrogen and oxygen atoms in total. The monoisotopic (exact) mass is 311 g/mol. The molecule has 0 aliphatic heterocycles. The summed E-state index contributed by atoms with van der Waals surface area (Å²) >= 11 is 1.38. The van der Waals surface area contributed by atoms with E-state index < -0.39 is 11.6 Å². The number of benzene rings is 1. The fraction of sp³-hybridized carbons (Fsp3) is 0.286. The van der Waals surface area contributed by atoms with Crippen molar-refractivity contribution in [2.75, 3.05) is 13.6 Å². The molecule has 2 rings (SSSR count). The lowest BCUT2D eigenvalue weighted by Crippen LogP contribution is -2.26. The number of hydrogen-bond donors (Lipinski definition) is 1. The number of thiazole rings is 1. The highest BCUT2D eigenvalue weighted by Crippen LogP contribution is 2.14. The van der Waals surface area contributed by atoms with E-state index in [1.807, 2.05) is 0 Å². The van der Waals surface area contributed by atoms with Crippen LogP contribution in [0.5, 0.6) is 0 Å². The highest BCUT2D eigenvalue weighted by atomic mass is 32.1. The van der Waals surface area contributed by atoms with Crippen LogP contribution in [-0.2, 0) is 13.0 Å². The van der Waals surface area contributed by atoms with Gasteiger partial charge in [-0.15, -0.1) is 11.3 Å². The van der Waals surface area contributed by atoms with Crippen molar-refractivity contribution >= 4 is 17.2 Å². The van der Waals surface area contributed by atoms with Crippen LogP contribution < -0.4 is 5.73 Å². The molecule has 2 aromatic rings. The van der Waals surface area contributed by atoms with Gasteiger partial charge in [0.05, 0.1) is 5.01 Å². The van der Waals surface area contributed by atoms with Gasteiger partial charge in [-0.05, 0) is 24.2 Å². The summed E-state index contributed by atoms with van der Waals surface area (Å²) < 4.78 is 26.0. The summed E-state index contributed by atoms with van der Waals surface area (Å²) in [5.41, 5.74) is 6.30. The quantitative estimate of drug-likeness (QED) is 0.921. The van der Waals surface area contributed by atoms with Crippen LogP contribution in [0.15, 0.2) is 23.6 Å². The molecule has 0 bridgehead atoms. The number of amides is 1. The first-order valence-electron chi connectivity index (χ1n) is 6.35. The molecule has 7 heteroatoms. The maximum absolute atomic E-state index is 13.1. The van der Waals surface area contributed by atoms with Gasteiger partial charge in [-0.25, -0.2) is 13.8 Å². The van der Waals surface area contributed by atoms with Crippen LogP contribution in [0, 0.1) is 11.6 Å². The molecule has 0 atom stereocenters. The summed E-state index contributed by atoms with van der Waals surface area (Å²) in [6.07, 6.45) is 0.630. The first-order chi connectivity index (χ1) is 10.0. The lowest BCUT2D eigenvalue weighted by Gasteiger charge is -2.16. The number of halogens is 2. The summed E-state index contributed by atoms with van der Waals surface area (Å²) in [5.74, 6) is -2.09. The van der Waals surface area contributed by atoms with Crippen LogP contribution in [0.25, 0.3) is 0 Å². The van der Waals surface area contributed by atoms with E-state index in [0.29, 0.717) is 24.2 Å². The van der Waals surface area contributed by atoms with Gasteiger partial charge in [0, 0.05) is 25.4 Å². The zero-order valence-corrected chi connectivity index (χ0v) is 12.3. The van der Waals surface area contributed by atoms with Crippen molar-refractivity contribution < 1.29 is 13.6 Å². The molecule has 0 aliphatic carbocycles. The Hall–Kier alpha value is -1.86. The lowest BCUT2D eigenvalue weighted by molar-refractivity contribution is 0.0779. The van der Waals surface area contributed by atoms with E-state index in [2.05, 4.69) is 4.98 Å². The topological polar surface area (TPSA) is 59.2 Å². The fourth-order valence-corrected chi connectivity index (χ4v) is 2.61. The molecule has 0 spiro atoms. The summed E-state index contributed by atoms with van der Waals surface area (Å²) in [6.45, 7) is 0.658. The van der Waals surface area contributed by atoms with E-state index in [1.165, 1.54) is 22.3 Å². The number of nitrogens with two attached hydrogens (primary N) is 1. The van der Waals surface area contributed by atoms with Crippen LogP contribution in [-0.4, -0.2) is 29.4 Å². The van der Waals surface area contributed by atoms with Gasteiger partial charge in [-0.3, -0.25) is 4.79 Å². The Kier molecular flexibility index (Phi) is 4.98. The van der Waals surface area contributed by atoms with Crippen LogP contribution in [0.3, 0.4) is 0 Å². The van der Waals surface area contributed by atoms with Gasteiger partial charge in [0.25, 0.3) is 5.91 Å². The summed E-state index contributed by atoms with van der Waals surface area (Å²) in [7, 11) is 1.59. The summed E-state index contributed by atoms with van der Waals surface area (Å²) in [5, 5.41) is 2.48. The molecule has 0 saturated carbocycles. The standard InChI is InChI=1S/C14H15F2N3OS/c1-19(7-9-2-3-10(15)11(16)6-9)14(20)12-8-21-13(18-12)4-5-17/h2-3,6,8H,4-5,7,17H2,1H3. The molecule has 1 heterocycles. The van der Waals surface area contributed by atoms with Gasteiger partial charge >= 0.3 is 0 Å². The summed E-state index contributed by atoms with van der Waals surface area (Å²) in [6, 6.07) is 3.58. The maximum Gasteiger partial charge on any atom is 0.273 e. The molecule has 112 valence electrons. The minimum Gasteiger partial charge on any atom is -0.336 e. The SMILES string of the molecule is CN(Cc1ccc(F)c(F)c1)C(=O)c1csc(CCN)n1. The second kappa shape index (κ2) is 6.73. The van der Waals surface area contributed by atoms with Crippen LogP contribution in [0.1, 0.15) is 21.1 Å². The molecule has 1 aromatic heterocycles. The third-order valence-corrected chi connectivity index (χ3v) is 3.79. The Morgan fingerprint density at radius 2 is 2.14 bits per heavy atom. The zero-order valence-electron chi connectivity index (χ0n) is 11.5. The van der Waals surface area contributed by atoms with E-state index in [9.17, 15) is 13.6 Å². The van der Waals surface area contributed by atoms with E-state index in [4.69, 9.17) is 5.73 Å². The van der Waals surface area contributed by atoms with E-state index >= 15 is 0 Å². The van der Waals surface area contributed by atoms with Crippen LogP contribution >= 0.6 is 11.3 Å². The van der Waals surface area contributed by atoms with Gasteiger partial charge in [-0.2, -0.15) is 0 Å². The van der Waals surface area contributed by atoms with Crippen molar-refractivity contribution in [3.63, 3.8) is 0 Å². The second-order valence-electron chi connectivity index (χ2n) is 4.57. The van der Waals surface area contributed by atoms with E-state index in [1.54, 1.807) is 12.4 Å². The Balaban J connectivity index is 2.05. The lowest BCUT2D eigenvalue weighted by atomic mass is 10.2. The van der Waals surface area contributed by atoms with E-state index in [-0.39, 0.29) is 12.5 Å². The van der Waals surface area contributed by atoms with Gasteiger partial charge < -0.3 is 10.6 Å². The molecule has 0 radical (unpaired) electrons. The molecule has 1 amide bonds. The van der Waals surface area contributed by atoms with Crippen LogP contribution in [0.2, 0.25) is 0 Å². The number of carbonyl (C=O) groups excluding carboxylic acids is 1. The first-order valence-corrected chi connectivity index (χ1v) is 7.23. The molecule has 1 aromatic carbocycles. The highest BCUT2D eigenvalue weighted by Gasteiger charge is 2.16. The number of nitrogens with zero attached hydrogens (tertiary/aromatic N) is 2. The van der Waals surface area contributed by atoms with Gasteiger partial charge in [0.15, 0.2) is 11.6 Å². The smallest absolute Gasteiger partial charge is 0.273 e. The van der Waals surface area contributed by atoms with Crippen molar-refractivity contribution in [2.24, 2.45) is 5.73 Å². The molecule has 2 N–H and O–H groups in total. The third-order valence-electron chi connectivity index (χ3n) is 2.88. The maximum atomic E-state index is 13.1. The minimum absolute atomic E-state index is 0.180. The van der Waals surface area contributed by atoms with Gasteiger partial charge in [0.2, 0.25) is 0 Å². The van der Waals surface area contributed by atoms with Gasteiger partial charge in [-0.1, -0.05) is 6.07 Å². The minimum atomic E-state index is -0.924. The van der Waals surface area contributed by atoms with Crippen molar-refractivity contribution in [3.05, 3.63) is 51.5 Å². The molecule has 21 heavy (non-hydrogen) atoms. The third kappa shape index (κ3) is 3.83. The normalized spacial score (nSPS) is 10.7. The predicted molar refractivity (Wildman–Crippen MR) is 77.0 cm³/mol. The number of rotatable bonds is 5. The predicted octanol–water partition coefficient (Wildman–Crippen LogP) is 2.19. The van der Waals surface area contributed by atoms with Gasteiger partial charge in [0.1, 0.15) is 5.69 Å². The van der Waals surface area contributed by atoms with Crippen LogP contribution in [0.4, 0.5) is 8.78 Å². The average Bonchev–Trinajstić information content (AvgIpc) is 2.91. The summed E-state index contributed by atoms with van der Waals surface area (Å²) in [4.78, 5) is 17.8. The molecule has 0 saturated heterocycles. The van der Waals surface area contributed by atoms with Crippen molar-refractivity contribution in [1.29, 1.82) is 0 Å². The van der Waals surface area contributed by atoms with Crippen molar-refractivity contribution in [3.8, 4) is 0 Å². The number of carbonyl (C=O) groups is 1. The Morgan fingerprint density at radius 3 is 2.81 bits per heavy atom. The Bertz CT molecular complexity index is 645. The molecule has 0 fully saturated rings. The Labute approximate surface area is 125 Å².